The van der Waals surface area contributed by atoms with Gasteiger partial charge in [-0.25, -0.2) is 4.98 Å². The number of hydrogen-bond donors (Lipinski definition) is 1. The van der Waals surface area contributed by atoms with Crippen LogP contribution in [0, 0.1) is 0 Å². The van der Waals surface area contributed by atoms with Crippen LogP contribution in [-0.2, 0) is 6.54 Å². The molecule has 3 nitrogen and oxygen atoms in total. The number of benzene rings is 1. The van der Waals surface area contributed by atoms with E-state index in [0.717, 1.165) is 17.9 Å². The van der Waals surface area contributed by atoms with Crippen molar-refractivity contribution in [1.29, 1.82) is 0 Å². The van der Waals surface area contributed by atoms with Crippen LogP contribution in [0.25, 0.3) is 5.69 Å². The molecule has 1 aliphatic carbocycles. The average molecular weight is 282 g/mol. The Labute approximate surface area is 116 Å². The molecule has 18 heavy (non-hydrogen) atoms. The number of aromatic nitrogens is 2. The summed E-state index contributed by atoms with van der Waals surface area (Å²) in [5.74, 6) is 0. The van der Waals surface area contributed by atoms with Crippen LogP contribution < -0.4 is 5.32 Å². The molecule has 1 aliphatic rings. The highest BCUT2D eigenvalue weighted by molar-refractivity contribution is 6.37. The van der Waals surface area contributed by atoms with Crippen LogP contribution >= 0.6 is 23.2 Å². The summed E-state index contributed by atoms with van der Waals surface area (Å²) in [6, 6.07) is 6.16. The van der Waals surface area contributed by atoms with E-state index in [2.05, 4.69) is 10.3 Å². The van der Waals surface area contributed by atoms with Crippen LogP contribution in [0.4, 0.5) is 0 Å². The van der Waals surface area contributed by atoms with Crippen molar-refractivity contribution < 1.29 is 0 Å². The van der Waals surface area contributed by atoms with E-state index in [4.69, 9.17) is 23.2 Å². The first-order chi connectivity index (χ1) is 8.74. The van der Waals surface area contributed by atoms with Gasteiger partial charge in [0.2, 0.25) is 0 Å². The maximum Gasteiger partial charge on any atom is 0.0996 e. The molecule has 1 heterocycles. The number of hydrogen-bond acceptors (Lipinski definition) is 2. The molecule has 1 N–H and O–H groups in total. The van der Waals surface area contributed by atoms with Crippen LogP contribution in [0.2, 0.25) is 10.0 Å². The third-order valence-corrected chi connectivity index (χ3v) is 3.59. The topological polar surface area (TPSA) is 29.9 Å². The van der Waals surface area contributed by atoms with E-state index >= 15 is 0 Å². The highest BCUT2D eigenvalue weighted by Crippen LogP contribution is 2.28. The smallest absolute Gasteiger partial charge is 0.0996 e. The summed E-state index contributed by atoms with van der Waals surface area (Å²) < 4.78 is 1.87. The van der Waals surface area contributed by atoms with Crippen molar-refractivity contribution >= 4 is 23.2 Å². The maximum atomic E-state index is 6.16. The summed E-state index contributed by atoms with van der Waals surface area (Å²) in [7, 11) is 0. The molecule has 0 bridgehead atoms. The number of nitrogens with zero attached hydrogens (tertiary/aromatic N) is 2. The van der Waals surface area contributed by atoms with Crippen LogP contribution in [0.5, 0.6) is 0 Å². The lowest BCUT2D eigenvalue weighted by Crippen LogP contribution is -2.15. The van der Waals surface area contributed by atoms with E-state index in [1.165, 1.54) is 12.8 Å². The number of rotatable bonds is 4. The molecular weight excluding hydrogens is 269 g/mol. The Morgan fingerprint density at radius 1 is 1.28 bits per heavy atom. The summed E-state index contributed by atoms with van der Waals surface area (Å²) in [6.07, 6.45) is 6.26. The standard InChI is InChI=1S/C13H13Cl2N3/c14-11-2-1-3-12(15)13(11)18-7-10(17-8-18)6-16-9-4-5-9/h1-3,7-9,16H,4-6H2. The van der Waals surface area contributed by atoms with Gasteiger partial charge in [-0.1, -0.05) is 29.3 Å². The van der Waals surface area contributed by atoms with Crippen molar-refractivity contribution in [2.45, 2.75) is 25.4 Å². The summed E-state index contributed by atoms with van der Waals surface area (Å²) in [6.45, 7) is 0.791. The molecule has 94 valence electrons. The van der Waals surface area contributed by atoms with E-state index in [9.17, 15) is 0 Å². The number of imidazole rings is 1. The second kappa shape index (κ2) is 4.92. The molecule has 0 amide bonds. The molecule has 1 aromatic carbocycles. The van der Waals surface area contributed by atoms with Gasteiger partial charge in [-0.05, 0) is 25.0 Å². The summed E-state index contributed by atoms with van der Waals surface area (Å²) in [5.41, 5.74) is 1.78. The molecule has 0 atom stereocenters. The van der Waals surface area contributed by atoms with E-state index in [1.54, 1.807) is 6.33 Å². The fourth-order valence-corrected chi connectivity index (χ4v) is 2.44. The van der Waals surface area contributed by atoms with Gasteiger partial charge < -0.3 is 9.88 Å². The Morgan fingerprint density at radius 3 is 2.67 bits per heavy atom. The van der Waals surface area contributed by atoms with Gasteiger partial charge in [-0.2, -0.15) is 0 Å². The van der Waals surface area contributed by atoms with Gasteiger partial charge in [0.05, 0.1) is 27.8 Å². The second-order valence-corrected chi connectivity index (χ2v) is 5.31. The van der Waals surface area contributed by atoms with Crippen molar-refractivity contribution in [2.75, 3.05) is 0 Å². The van der Waals surface area contributed by atoms with Gasteiger partial charge in [-0.15, -0.1) is 0 Å². The molecule has 0 spiro atoms. The zero-order valence-corrected chi connectivity index (χ0v) is 11.2. The van der Waals surface area contributed by atoms with Crippen LogP contribution in [0.3, 0.4) is 0 Å². The molecule has 1 fully saturated rings. The number of halogens is 2. The van der Waals surface area contributed by atoms with Gasteiger partial charge in [0.25, 0.3) is 0 Å². The second-order valence-electron chi connectivity index (χ2n) is 4.50. The zero-order valence-electron chi connectivity index (χ0n) is 9.74. The average Bonchev–Trinajstić information content (AvgIpc) is 3.06. The van der Waals surface area contributed by atoms with Crippen molar-refractivity contribution in [2.24, 2.45) is 0 Å². The van der Waals surface area contributed by atoms with Gasteiger partial charge in [-0.3, -0.25) is 0 Å². The minimum absolute atomic E-state index is 0.626. The molecule has 5 heteroatoms. The Morgan fingerprint density at radius 2 is 2.00 bits per heavy atom. The largest absolute Gasteiger partial charge is 0.308 e. The van der Waals surface area contributed by atoms with Crippen molar-refractivity contribution in [3.63, 3.8) is 0 Å². The van der Waals surface area contributed by atoms with Crippen molar-refractivity contribution in [3.8, 4) is 5.69 Å². The van der Waals surface area contributed by atoms with Crippen LogP contribution in [0.1, 0.15) is 18.5 Å². The normalized spacial score (nSPS) is 15.0. The summed E-state index contributed by atoms with van der Waals surface area (Å²) >= 11 is 12.3. The highest BCUT2D eigenvalue weighted by Gasteiger charge is 2.20. The molecule has 0 unspecified atom stereocenters. The predicted molar refractivity (Wildman–Crippen MR) is 73.4 cm³/mol. The molecule has 0 saturated heterocycles. The summed E-state index contributed by atoms with van der Waals surface area (Å²) in [5, 5.41) is 4.68. The van der Waals surface area contributed by atoms with E-state index in [-0.39, 0.29) is 0 Å². The lowest BCUT2D eigenvalue weighted by Gasteiger charge is -2.06. The van der Waals surface area contributed by atoms with E-state index in [0.29, 0.717) is 16.1 Å². The molecule has 0 radical (unpaired) electrons. The fraction of sp³-hybridized carbons (Fsp3) is 0.308. The molecule has 3 rings (SSSR count). The Kier molecular flexibility index (Phi) is 3.29. The van der Waals surface area contributed by atoms with Gasteiger partial charge in [0.15, 0.2) is 0 Å². The van der Waals surface area contributed by atoms with E-state index in [1.807, 2.05) is 29.0 Å². The highest BCUT2D eigenvalue weighted by atomic mass is 35.5. The fourth-order valence-electron chi connectivity index (χ4n) is 1.85. The Hall–Kier alpha value is -1.03. The molecule has 1 saturated carbocycles. The third kappa shape index (κ3) is 2.53. The quantitative estimate of drug-likeness (QED) is 0.931. The van der Waals surface area contributed by atoms with Gasteiger partial charge >= 0.3 is 0 Å². The lowest BCUT2D eigenvalue weighted by molar-refractivity contribution is 0.677. The summed E-state index contributed by atoms with van der Waals surface area (Å²) in [4.78, 5) is 4.36. The molecule has 0 aliphatic heterocycles. The molecular formula is C13H13Cl2N3. The third-order valence-electron chi connectivity index (χ3n) is 2.98. The SMILES string of the molecule is Clc1cccc(Cl)c1-n1cnc(CNC2CC2)c1. The first-order valence-electron chi connectivity index (χ1n) is 5.94. The minimum atomic E-state index is 0.626. The van der Waals surface area contributed by atoms with Gasteiger partial charge in [0.1, 0.15) is 0 Å². The van der Waals surface area contributed by atoms with Crippen molar-refractivity contribution in [3.05, 3.63) is 46.5 Å². The molecule has 2 aromatic rings. The first-order valence-corrected chi connectivity index (χ1v) is 6.70. The van der Waals surface area contributed by atoms with Crippen LogP contribution in [-0.4, -0.2) is 15.6 Å². The van der Waals surface area contributed by atoms with E-state index < -0.39 is 0 Å². The van der Waals surface area contributed by atoms with Crippen molar-refractivity contribution in [1.82, 2.24) is 14.9 Å². The first kappa shape index (κ1) is 12.0. The lowest BCUT2D eigenvalue weighted by atomic mass is 10.3. The predicted octanol–water partition coefficient (Wildman–Crippen LogP) is 3.43. The number of nitrogens with one attached hydrogen (secondary N) is 1. The minimum Gasteiger partial charge on any atom is -0.308 e. The Bertz CT molecular complexity index is 541. The monoisotopic (exact) mass is 281 g/mol. The van der Waals surface area contributed by atoms with Crippen LogP contribution in [0.15, 0.2) is 30.7 Å². The maximum absolute atomic E-state index is 6.16. The zero-order chi connectivity index (χ0) is 12.5. The molecule has 1 aromatic heterocycles. The Balaban J connectivity index is 1.83. The van der Waals surface area contributed by atoms with Gasteiger partial charge in [0, 0.05) is 18.8 Å². The number of para-hydroxylation sites is 1.